The summed E-state index contributed by atoms with van der Waals surface area (Å²) in [5.41, 5.74) is 1.65. The van der Waals surface area contributed by atoms with Crippen LogP contribution in [0.15, 0.2) is 29.8 Å². The second-order valence-electron chi connectivity index (χ2n) is 4.73. The van der Waals surface area contributed by atoms with Crippen molar-refractivity contribution in [2.24, 2.45) is 5.92 Å². The standard InChI is InChI=1S/C14H17N3OS/c1-10(2)8-16-13(18)7-11-9-19-14(17-11)12-5-3-4-6-15-12/h3-6,9-10H,7-8H2,1-2H3,(H,16,18). The first-order valence-electron chi connectivity index (χ1n) is 6.27. The Balaban J connectivity index is 1.96. The Labute approximate surface area is 116 Å². The maximum absolute atomic E-state index is 11.7. The van der Waals surface area contributed by atoms with Gasteiger partial charge in [0.25, 0.3) is 0 Å². The fraction of sp³-hybridized carbons (Fsp3) is 0.357. The van der Waals surface area contributed by atoms with Crippen LogP contribution in [0.5, 0.6) is 0 Å². The molecule has 0 atom stereocenters. The highest BCUT2D eigenvalue weighted by Crippen LogP contribution is 2.21. The van der Waals surface area contributed by atoms with Crippen molar-refractivity contribution >= 4 is 17.2 Å². The van der Waals surface area contributed by atoms with E-state index in [2.05, 4.69) is 29.1 Å². The van der Waals surface area contributed by atoms with Crippen LogP contribution in [0.1, 0.15) is 19.5 Å². The van der Waals surface area contributed by atoms with Crippen LogP contribution < -0.4 is 5.32 Å². The first-order chi connectivity index (χ1) is 9.15. The summed E-state index contributed by atoms with van der Waals surface area (Å²) in [6, 6.07) is 5.72. The molecule has 2 aromatic heterocycles. The molecule has 1 amide bonds. The zero-order valence-corrected chi connectivity index (χ0v) is 11.9. The van der Waals surface area contributed by atoms with Gasteiger partial charge in [0.15, 0.2) is 0 Å². The van der Waals surface area contributed by atoms with Crippen molar-refractivity contribution in [2.75, 3.05) is 6.54 Å². The van der Waals surface area contributed by atoms with E-state index in [4.69, 9.17) is 0 Å². The van der Waals surface area contributed by atoms with Crippen molar-refractivity contribution in [3.8, 4) is 10.7 Å². The van der Waals surface area contributed by atoms with Gasteiger partial charge in [-0.15, -0.1) is 11.3 Å². The Bertz CT molecular complexity index is 537. The summed E-state index contributed by atoms with van der Waals surface area (Å²) in [4.78, 5) is 20.4. The molecule has 0 bridgehead atoms. The topological polar surface area (TPSA) is 54.9 Å². The molecule has 2 aromatic rings. The number of hydrogen-bond donors (Lipinski definition) is 1. The van der Waals surface area contributed by atoms with Crippen molar-refractivity contribution < 1.29 is 4.79 Å². The molecule has 0 aliphatic carbocycles. The van der Waals surface area contributed by atoms with E-state index in [1.807, 2.05) is 23.6 Å². The van der Waals surface area contributed by atoms with Crippen LogP contribution >= 0.6 is 11.3 Å². The number of rotatable bonds is 5. The average molecular weight is 275 g/mol. The molecule has 2 heterocycles. The summed E-state index contributed by atoms with van der Waals surface area (Å²) >= 11 is 1.52. The molecule has 0 saturated heterocycles. The first-order valence-corrected chi connectivity index (χ1v) is 7.15. The minimum absolute atomic E-state index is 0.0200. The summed E-state index contributed by atoms with van der Waals surface area (Å²) in [6.07, 6.45) is 2.07. The quantitative estimate of drug-likeness (QED) is 0.912. The van der Waals surface area contributed by atoms with Crippen LogP contribution in [0, 0.1) is 5.92 Å². The molecule has 19 heavy (non-hydrogen) atoms. The SMILES string of the molecule is CC(C)CNC(=O)Cc1csc(-c2ccccn2)n1. The lowest BCUT2D eigenvalue weighted by atomic mass is 10.2. The normalized spacial score (nSPS) is 10.7. The fourth-order valence-corrected chi connectivity index (χ4v) is 2.34. The van der Waals surface area contributed by atoms with Gasteiger partial charge >= 0.3 is 0 Å². The molecule has 0 aromatic carbocycles. The predicted molar refractivity (Wildman–Crippen MR) is 76.9 cm³/mol. The summed E-state index contributed by atoms with van der Waals surface area (Å²) < 4.78 is 0. The molecule has 4 nitrogen and oxygen atoms in total. The van der Waals surface area contributed by atoms with E-state index in [0.29, 0.717) is 18.9 Å². The van der Waals surface area contributed by atoms with Crippen LogP contribution in [-0.4, -0.2) is 22.4 Å². The molecular formula is C14H17N3OS. The van der Waals surface area contributed by atoms with E-state index in [0.717, 1.165) is 16.4 Å². The molecule has 0 aliphatic rings. The molecule has 0 fully saturated rings. The number of nitrogens with zero attached hydrogens (tertiary/aromatic N) is 2. The zero-order chi connectivity index (χ0) is 13.7. The van der Waals surface area contributed by atoms with Gasteiger partial charge in [-0.3, -0.25) is 9.78 Å². The van der Waals surface area contributed by atoms with Gasteiger partial charge < -0.3 is 5.32 Å². The average Bonchev–Trinajstić information content (AvgIpc) is 2.86. The van der Waals surface area contributed by atoms with Crippen molar-refractivity contribution in [1.29, 1.82) is 0 Å². The number of nitrogens with one attached hydrogen (secondary N) is 1. The second kappa shape index (κ2) is 6.43. The van der Waals surface area contributed by atoms with Gasteiger partial charge in [-0.05, 0) is 18.1 Å². The third-order valence-electron chi connectivity index (χ3n) is 2.48. The van der Waals surface area contributed by atoms with Gasteiger partial charge in [-0.1, -0.05) is 19.9 Å². The van der Waals surface area contributed by atoms with Gasteiger partial charge in [-0.2, -0.15) is 0 Å². The van der Waals surface area contributed by atoms with Gasteiger partial charge in [-0.25, -0.2) is 4.98 Å². The molecule has 0 aliphatic heterocycles. The summed E-state index contributed by atoms with van der Waals surface area (Å²) in [5, 5.41) is 5.66. The van der Waals surface area contributed by atoms with Crippen LogP contribution in [0.25, 0.3) is 10.7 Å². The van der Waals surface area contributed by atoms with E-state index < -0.39 is 0 Å². The van der Waals surface area contributed by atoms with E-state index >= 15 is 0 Å². The molecule has 0 spiro atoms. The highest BCUT2D eigenvalue weighted by Gasteiger charge is 2.09. The van der Waals surface area contributed by atoms with Crippen LogP contribution in [0.2, 0.25) is 0 Å². The third kappa shape index (κ3) is 4.13. The number of carbonyl (C=O) groups excluding carboxylic acids is 1. The lowest BCUT2D eigenvalue weighted by Gasteiger charge is -2.06. The Kier molecular flexibility index (Phi) is 4.63. The largest absolute Gasteiger partial charge is 0.356 e. The highest BCUT2D eigenvalue weighted by atomic mass is 32.1. The van der Waals surface area contributed by atoms with E-state index in [1.54, 1.807) is 6.20 Å². The van der Waals surface area contributed by atoms with Gasteiger partial charge in [0.1, 0.15) is 5.01 Å². The predicted octanol–water partition coefficient (Wildman–Crippen LogP) is 2.52. The zero-order valence-electron chi connectivity index (χ0n) is 11.1. The Morgan fingerprint density at radius 2 is 2.26 bits per heavy atom. The van der Waals surface area contributed by atoms with Crippen LogP contribution in [0.3, 0.4) is 0 Å². The van der Waals surface area contributed by atoms with Crippen molar-refractivity contribution in [2.45, 2.75) is 20.3 Å². The smallest absolute Gasteiger partial charge is 0.226 e. The lowest BCUT2D eigenvalue weighted by molar-refractivity contribution is -0.120. The maximum atomic E-state index is 11.7. The molecule has 100 valence electrons. The van der Waals surface area contributed by atoms with E-state index in [-0.39, 0.29) is 5.91 Å². The number of thiazole rings is 1. The van der Waals surface area contributed by atoms with Gasteiger partial charge in [0.2, 0.25) is 5.91 Å². The Hall–Kier alpha value is -1.75. The Morgan fingerprint density at radius 3 is 2.95 bits per heavy atom. The molecular weight excluding hydrogens is 258 g/mol. The summed E-state index contributed by atoms with van der Waals surface area (Å²) in [7, 11) is 0. The van der Waals surface area contributed by atoms with E-state index in [9.17, 15) is 4.79 Å². The Morgan fingerprint density at radius 1 is 1.42 bits per heavy atom. The fourth-order valence-electron chi connectivity index (χ4n) is 1.54. The monoisotopic (exact) mass is 275 g/mol. The highest BCUT2D eigenvalue weighted by molar-refractivity contribution is 7.13. The van der Waals surface area contributed by atoms with Crippen LogP contribution in [0.4, 0.5) is 0 Å². The number of carbonyl (C=O) groups is 1. The van der Waals surface area contributed by atoms with Crippen LogP contribution in [-0.2, 0) is 11.2 Å². The second-order valence-corrected chi connectivity index (χ2v) is 5.59. The third-order valence-corrected chi connectivity index (χ3v) is 3.40. The van der Waals surface area contributed by atoms with E-state index in [1.165, 1.54) is 11.3 Å². The van der Waals surface area contributed by atoms with Crippen molar-refractivity contribution in [1.82, 2.24) is 15.3 Å². The van der Waals surface area contributed by atoms with Crippen molar-refractivity contribution in [3.05, 3.63) is 35.5 Å². The molecule has 2 rings (SSSR count). The lowest BCUT2D eigenvalue weighted by Crippen LogP contribution is -2.28. The minimum Gasteiger partial charge on any atom is -0.356 e. The molecule has 5 heteroatoms. The van der Waals surface area contributed by atoms with Crippen molar-refractivity contribution in [3.63, 3.8) is 0 Å². The number of pyridine rings is 1. The number of aromatic nitrogens is 2. The number of amides is 1. The minimum atomic E-state index is 0.0200. The molecule has 0 unspecified atom stereocenters. The molecule has 0 saturated carbocycles. The van der Waals surface area contributed by atoms with Gasteiger partial charge in [0, 0.05) is 18.1 Å². The van der Waals surface area contributed by atoms with Gasteiger partial charge in [0.05, 0.1) is 17.8 Å². The molecule has 1 N–H and O–H groups in total. The first kappa shape index (κ1) is 13.7. The number of hydrogen-bond acceptors (Lipinski definition) is 4. The summed E-state index contributed by atoms with van der Waals surface area (Å²) in [5.74, 6) is 0.482. The summed E-state index contributed by atoms with van der Waals surface area (Å²) in [6.45, 7) is 4.85. The molecule has 0 radical (unpaired) electrons. The maximum Gasteiger partial charge on any atom is 0.226 e.